The highest BCUT2D eigenvalue weighted by atomic mass is 32.2. The van der Waals surface area contributed by atoms with Gasteiger partial charge in [-0.15, -0.1) is 11.3 Å². The van der Waals surface area contributed by atoms with Crippen LogP contribution >= 0.6 is 11.3 Å². The molecule has 20 heteroatoms. The highest BCUT2D eigenvalue weighted by Gasteiger charge is 2.61. The number of methoxy groups -OCH3 is 1. The van der Waals surface area contributed by atoms with Gasteiger partial charge in [0, 0.05) is 67.1 Å². The monoisotopic (exact) mass is 959 g/mol. The maximum atomic E-state index is 15.0. The van der Waals surface area contributed by atoms with Gasteiger partial charge in [0.05, 0.1) is 24.9 Å². The number of anilines is 1. The Bertz CT molecular complexity index is 2600. The number of nitrogens with one attached hydrogen (secondary N) is 4. The number of amides is 4. The first kappa shape index (κ1) is 49.1. The Morgan fingerprint density at radius 2 is 1.88 bits per heavy atom. The van der Waals surface area contributed by atoms with Crippen LogP contribution in [0.5, 0.6) is 11.5 Å². The molecule has 2 fully saturated rings. The molecule has 4 aromatic rings. The summed E-state index contributed by atoms with van der Waals surface area (Å²) in [5.74, 6) is -1.74. The van der Waals surface area contributed by atoms with Gasteiger partial charge in [-0.3, -0.25) is 9.59 Å². The SMILES string of the molecule is COc1ccc2c(O[C@@H]3C[C@H]4C(=O)N[C@]5(C(=O)O)CC5C=CCCCCC[C@H](NC(=O)N[C@H](CN(C)S(=O)(=O)c5ccccn5)C(C)(C)C)C(=O)N4C3)cc(-c3csc(NC(C)C)n3)nc2c1. The van der Waals surface area contributed by atoms with Gasteiger partial charge in [-0.1, -0.05) is 51.8 Å². The van der Waals surface area contributed by atoms with Crippen molar-refractivity contribution in [2.24, 2.45) is 11.3 Å². The van der Waals surface area contributed by atoms with E-state index in [0.717, 1.165) is 22.3 Å². The topological polar surface area (TPSA) is 234 Å². The molecule has 18 nitrogen and oxygen atoms in total. The van der Waals surface area contributed by atoms with E-state index in [1.54, 1.807) is 37.4 Å². The number of fused-ring (bicyclic) bond motifs is 3. The number of nitrogens with zero attached hydrogens (tertiary/aromatic N) is 5. The van der Waals surface area contributed by atoms with Crippen LogP contribution in [0.15, 0.2) is 71.2 Å². The molecule has 0 spiro atoms. The molecule has 1 saturated carbocycles. The van der Waals surface area contributed by atoms with E-state index in [-0.39, 0.29) is 43.4 Å². The van der Waals surface area contributed by atoms with Crippen LogP contribution in [-0.4, -0.2) is 125 Å². The number of carboxylic acids is 1. The van der Waals surface area contributed by atoms with Crippen LogP contribution in [0.2, 0.25) is 0 Å². The van der Waals surface area contributed by atoms with Gasteiger partial charge in [0.2, 0.25) is 11.8 Å². The van der Waals surface area contributed by atoms with Crippen molar-refractivity contribution in [3.63, 3.8) is 0 Å². The fourth-order valence-corrected chi connectivity index (χ4v) is 10.4. The number of urea groups is 1. The first-order chi connectivity index (χ1) is 31.8. The maximum absolute atomic E-state index is 15.0. The van der Waals surface area contributed by atoms with Crippen LogP contribution in [0.3, 0.4) is 0 Å². The minimum atomic E-state index is -4.00. The average molecular weight is 960 g/mol. The Hall–Kier alpha value is -5.86. The minimum absolute atomic E-state index is 0.0182. The van der Waals surface area contributed by atoms with Crippen LogP contribution in [0, 0.1) is 11.3 Å². The zero-order valence-electron chi connectivity index (χ0n) is 38.9. The van der Waals surface area contributed by atoms with Gasteiger partial charge < -0.3 is 40.7 Å². The third kappa shape index (κ3) is 11.3. The number of aliphatic carboxylic acids is 1. The standard InChI is InChI=1S/C47H61N9O9S2/c1-28(2)49-45-52-36(27-66-45)35-23-38(32-19-18-30(64-7)21-34(32)50-35)65-31-22-37-41(57)54-47(43(59)60)24-29(47)15-11-9-8-10-12-16-33(42(58)56(37)25-31)51-44(61)53-39(46(3,4)5)26-55(6)67(62,63)40-17-13-14-20-48-40/h11,13-15,17-21,23,27-29,31,33,37,39H,8-10,12,16,22,24-26H2,1-7H3,(H,49,52)(H,54,57)(H,59,60)(H2,51,53,61)/t29?,31-,33+,37+,39-,47-/m1/s1. The summed E-state index contributed by atoms with van der Waals surface area (Å²) in [6, 6.07) is 8.27. The van der Waals surface area contributed by atoms with E-state index >= 15 is 0 Å². The quantitative estimate of drug-likeness (QED) is 0.0997. The zero-order valence-corrected chi connectivity index (χ0v) is 40.6. The van der Waals surface area contributed by atoms with E-state index < -0.39 is 74.9 Å². The van der Waals surface area contributed by atoms with Crippen molar-refractivity contribution in [2.75, 3.05) is 32.6 Å². The molecule has 2 aliphatic heterocycles. The number of allylic oxidation sites excluding steroid dienone is 1. The molecule has 5 heterocycles. The summed E-state index contributed by atoms with van der Waals surface area (Å²) in [6.45, 7) is 9.49. The van der Waals surface area contributed by atoms with Crippen LogP contribution in [0.25, 0.3) is 22.3 Å². The van der Waals surface area contributed by atoms with Gasteiger partial charge in [-0.2, -0.15) is 4.31 Å². The van der Waals surface area contributed by atoms with Crippen LogP contribution < -0.4 is 30.7 Å². The Kier molecular flexibility index (Phi) is 14.8. The maximum Gasteiger partial charge on any atom is 0.330 e. The number of sulfonamides is 1. The number of ether oxygens (including phenoxy) is 2. The van der Waals surface area contributed by atoms with Crippen molar-refractivity contribution in [1.82, 2.24) is 40.1 Å². The fraction of sp³-hybridized carbons (Fsp3) is 0.511. The predicted molar refractivity (Wildman–Crippen MR) is 254 cm³/mol. The molecule has 4 amide bonds. The van der Waals surface area contributed by atoms with E-state index in [4.69, 9.17) is 19.4 Å². The van der Waals surface area contributed by atoms with E-state index in [9.17, 15) is 32.7 Å². The third-order valence-electron chi connectivity index (χ3n) is 12.5. The fourth-order valence-electron chi connectivity index (χ4n) is 8.47. The van der Waals surface area contributed by atoms with Crippen LogP contribution in [0.4, 0.5) is 9.93 Å². The number of likely N-dealkylation sites (N-methyl/N-ethyl adjacent to an activating group) is 1. The second-order valence-electron chi connectivity index (χ2n) is 18.9. The molecule has 1 unspecified atom stereocenters. The van der Waals surface area contributed by atoms with E-state index in [1.165, 1.54) is 35.5 Å². The molecular formula is C47H61N9O9S2. The Morgan fingerprint density at radius 1 is 1.09 bits per heavy atom. The number of rotatable bonds is 13. The van der Waals surface area contributed by atoms with Gasteiger partial charge in [0.15, 0.2) is 10.2 Å². The molecule has 0 bridgehead atoms. The third-order valence-corrected chi connectivity index (χ3v) is 15.0. The van der Waals surface area contributed by atoms with Crippen molar-refractivity contribution in [3.8, 4) is 22.9 Å². The van der Waals surface area contributed by atoms with Crippen LogP contribution in [0.1, 0.15) is 79.6 Å². The van der Waals surface area contributed by atoms with Gasteiger partial charge in [-0.25, -0.2) is 33.0 Å². The molecule has 0 radical (unpaired) electrons. The number of carbonyl (C=O) groups excluding carboxylic acids is 3. The average Bonchev–Trinajstić information content (AvgIpc) is 3.54. The molecule has 5 N–H and O–H groups in total. The van der Waals surface area contributed by atoms with Gasteiger partial charge in [0.25, 0.3) is 10.0 Å². The molecule has 67 heavy (non-hydrogen) atoms. The second-order valence-corrected chi connectivity index (χ2v) is 21.7. The Balaban J connectivity index is 1.18. The van der Waals surface area contributed by atoms with E-state index in [1.807, 2.05) is 58.2 Å². The molecule has 7 rings (SSSR count). The second kappa shape index (κ2) is 20.2. The number of carboxylic acid groups (broad SMARTS) is 1. The lowest BCUT2D eigenvalue weighted by molar-refractivity contribution is -0.145. The number of pyridine rings is 2. The summed E-state index contributed by atoms with van der Waals surface area (Å²) in [7, 11) is -1.02. The summed E-state index contributed by atoms with van der Waals surface area (Å²) < 4.78 is 40.3. The first-order valence-electron chi connectivity index (χ1n) is 22.6. The molecule has 1 aromatic carbocycles. The zero-order chi connectivity index (χ0) is 48.3. The Morgan fingerprint density at radius 3 is 2.58 bits per heavy atom. The van der Waals surface area contributed by atoms with Crippen molar-refractivity contribution < 1.29 is 42.2 Å². The van der Waals surface area contributed by atoms with Crippen molar-refractivity contribution >= 4 is 61.2 Å². The smallest absolute Gasteiger partial charge is 0.330 e. The summed E-state index contributed by atoms with van der Waals surface area (Å²) >= 11 is 1.44. The lowest BCUT2D eigenvalue weighted by atomic mass is 9.87. The van der Waals surface area contributed by atoms with E-state index in [2.05, 4.69) is 26.3 Å². The molecule has 1 saturated heterocycles. The van der Waals surface area contributed by atoms with Crippen molar-refractivity contribution in [1.29, 1.82) is 0 Å². The normalized spacial score (nSPS) is 23.1. The highest BCUT2D eigenvalue weighted by molar-refractivity contribution is 7.89. The van der Waals surface area contributed by atoms with Gasteiger partial charge in [-0.05, 0) is 69.2 Å². The summed E-state index contributed by atoms with van der Waals surface area (Å²) in [5, 5.41) is 25.5. The van der Waals surface area contributed by atoms with Gasteiger partial charge in [0.1, 0.15) is 40.9 Å². The number of hydrogen-bond donors (Lipinski definition) is 5. The largest absolute Gasteiger partial charge is 0.497 e. The number of aromatic nitrogens is 3. The van der Waals surface area contributed by atoms with Crippen LogP contribution in [-0.2, 0) is 24.4 Å². The molecule has 6 atom stereocenters. The molecule has 3 aliphatic rings. The molecule has 3 aromatic heterocycles. The number of carbonyl (C=O) groups is 4. The van der Waals surface area contributed by atoms with Crippen molar-refractivity contribution in [3.05, 3.63) is 66.2 Å². The molecular weight excluding hydrogens is 899 g/mol. The predicted octanol–water partition coefficient (Wildman–Crippen LogP) is 5.81. The first-order valence-corrected chi connectivity index (χ1v) is 25.0. The van der Waals surface area contributed by atoms with Gasteiger partial charge >= 0.3 is 12.0 Å². The Labute approximate surface area is 395 Å². The number of thiazole rings is 1. The molecule has 360 valence electrons. The highest BCUT2D eigenvalue weighted by Crippen LogP contribution is 2.46. The van der Waals surface area contributed by atoms with Crippen molar-refractivity contribution in [2.45, 2.75) is 120 Å². The van der Waals surface area contributed by atoms with E-state index in [0.29, 0.717) is 46.6 Å². The summed E-state index contributed by atoms with van der Waals surface area (Å²) in [4.78, 5) is 71.3. The molecule has 1 aliphatic carbocycles. The summed E-state index contributed by atoms with van der Waals surface area (Å²) in [6.07, 6.45) is 7.62. The number of hydrogen-bond acceptors (Lipinski definition) is 13. The summed E-state index contributed by atoms with van der Waals surface area (Å²) in [5.41, 5.74) is -0.440. The number of benzene rings is 1. The minimum Gasteiger partial charge on any atom is -0.497 e. The lowest BCUT2D eigenvalue weighted by Crippen LogP contribution is -2.59. The lowest BCUT2D eigenvalue weighted by Gasteiger charge is -2.35.